The minimum absolute atomic E-state index is 0.0462. The van der Waals surface area contributed by atoms with Gasteiger partial charge in [0, 0.05) is 19.3 Å². The van der Waals surface area contributed by atoms with Gasteiger partial charge in [-0.05, 0) is 6.07 Å². The Kier molecular flexibility index (Phi) is 3.17. The number of aliphatic carboxylic acids is 1. The SMILES string of the molecule is CN(CC(=O)O)c1ncccc1[N+](=O)[O-]. The molecule has 0 atom stereocenters. The molecule has 0 saturated carbocycles. The highest BCUT2D eigenvalue weighted by molar-refractivity contribution is 5.74. The molecule has 0 saturated heterocycles. The monoisotopic (exact) mass is 211 g/mol. The fourth-order valence-corrected chi connectivity index (χ4v) is 1.10. The maximum atomic E-state index is 10.6. The summed E-state index contributed by atoms with van der Waals surface area (Å²) in [6, 6.07) is 2.71. The molecule has 15 heavy (non-hydrogen) atoms. The highest BCUT2D eigenvalue weighted by atomic mass is 16.6. The second kappa shape index (κ2) is 4.36. The van der Waals surface area contributed by atoms with Crippen molar-refractivity contribution in [3.05, 3.63) is 28.4 Å². The minimum atomic E-state index is -1.07. The van der Waals surface area contributed by atoms with Gasteiger partial charge in [0.05, 0.1) is 4.92 Å². The minimum Gasteiger partial charge on any atom is -0.480 e. The van der Waals surface area contributed by atoms with E-state index in [1.165, 1.54) is 30.3 Å². The number of pyridine rings is 1. The summed E-state index contributed by atoms with van der Waals surface area (Å²) in [5, 5.41) is 19.1. The van der Waals surface area contributed by atoms with Gasteiger partial charge < -0.3 is 10.0 Å². The molecule has 7 nitrogen and oxygen atoms in total. The number of nitrogens with zero attached hydrogens (tertiary/aromatic N) is 3. The second-order valence-electron chi connectivity index (χ2n) is 2.85. The van der Waals surface area contributed by atoms with Gasteiger partial charge in [0.2, 0.25) is 5.82 Å². The lowest BCUT2D eigenvalue weighted by Gasteiger charge is -2.14. The number of carboxylic acids is 1. The summed E-state index contributed by atoms with van der Waals surface area (Å²) in [7, 11) is 1.43. The maximum Gasteiger partial charge on any atom is 0.323 e. The van der Waals surface area contributed by atoms with Crippen molar-refractivity contribution in [1.29, 1.82) is 0 Å². The lowest BCUT2D eigenvalue weighted by molar-refractivity contribution is -0.384. The molecule has 0 radical (unpaired) electrons. The Balaban J connectivity index is 3.02. The molecule has 0 bridgehead atoms. The van der Waals surface area contributed by atoms with Crippen molar-refractivity contribution in [3.8, 4) is 0 Å². The van der Waals surface area contributed by atoms with Crippen LogP contribution in [-0.4, -0.2) is 34.6 Å². The number of hydrogen-bond donors (Lipinski definition) is 1. The molecule has 1 N–H and O–H groups in total. The topological polar surface area (TPSA) is 96.6 Å². The Morgan fingerprint density at radius 2 is 2.40 bits per heavy atom. The Hall–Kier alpha value is -2.18. The summed E-state index contributed by atoms with van der Waals surface area (Å²) in [4.78, 5) is 25.4. The fraction of sp³-hybridized carbons (Fsp3) is 0.250. The van der Waals surface area contributed by atoms with Crippen molar-refractivity contribution in [3.63, 3.8) is 0 Å². The number of carboxylic acid groups (broad SMARTS) is 1. The average Bonchev–Trinajstić information content (AvgIpc) is 2.16. The molecule has 0 amide bonds. The summed E-state index contributed by atoms with van der Waals surface area (Å²) >= 11 is 0. The largest absolute Gasteiger partial charge is 0.480 e. The second-order valence-corrected chi connectivity index (χ2v) is 2.85. The molecule has 1 aromatic heterocycles. The molecule has 1 rings (SSSR count). The van der Waals surface area contributed by atoms with Crippen molar-refractivity contribution in [1.82, 2.24) is 4.98 Å². The Labute approximate surface area is 85.1 Å². The van der Waals surface area contributed by atoms with Gasteiger partial charge in [-0.25, -0.2) is 4.98 Å². The molecule has 0 aromatic carbocycles. The predicted octanol–water partition coefficient (Wildman–Crippen LogP) is 0.511. The molecule has 7 heteroatoms. The zero-order valence-corrected chi connectivity index (χ0v) is 7.95. The van der Waals surface area contributed by atoms with E-state index in [4.69, 9.17) is 5.11 Å². The van der Waals surface area contributed by atoms with Crippen molar-refractivity contribution < 1.29 is 14.8 Å². The molecule has 0 aliphatic carbocycles. The molecule has 80 valence electrons. The molecule has 1 aromatic rings. The average molecular weight is 211 g/mol. The zero-order valence-electron chi connectivity index (χ0n) is 7.95. The Bertz CT molecular complexity index is 393. The summed E-state index contributed by atoms with van der Waals surface area (Å²) in [5.41, 5.74) is -0.207. The lowest BCUT2D eigenvalue weighted by Crippen LogP contribution is -2.26. The summed E-state index contributed by atoms with van der Waals surface area (Å²) in [5.74, 6) is -1.03. The van der Waals surface area contributed by atoms with E-state index in [0.29, 0.717) is 0 Å². The van der Waals surface area contributed by atoms with Gasteiger partial charge in [0.1, 0.15) is 6.54 Å². The van der Waals surface area contributed by atoms with Crippen molar-refractivity contribution >= 4 is 17.5 Å². The van der Waals surface area contributed by atoms with E-state index < -0.39 is 10.9 Å². The number of aromatic nitrogens is 1. The van der Waals surface area contributed by atoms with Crippen LogP contribution in [0, 0.1) is 10.1 Å². The number of anilines is 1. The van der Waals surface area contributed by atoms with Gasteiger partial charge in [0.25, 0.3) is 0 Å². The van der Waals surface area contributed by atoms with E-state index >= 15 is 0 Å². The molecule has 0 spiro atoms. The smallest absolute Gasteiger partial charge is 0.323 e. The zero-order chi connectivity index (χ0) is 11.4. The quantitative estimate of drug-likeness (QED) is 0.575. The first-order chi connectivity index (χ1) is 7.02. The molecule has 0 fully saturated rings. The predicted molar refractivity (Wildman–Crippen MR) is 51.8 cm³/mol. The van der Waals surface area contributed by atoms with Crippen LogP contribution in [0.25, 0.3) is 0 Å². The van der Waals surface area contributed by atoms with Crippen LogP contribution >= 0.6 is 0 Å². The highest BCUT2D eigenvalue weighted by Crippen LogP contribution is 2.23. The third-order valence-electron chi connectivity index (χ3n) is 1.70. The third kappa shape index (κ3) is 2.63. The molecule has 0 aliphatic heterocycles. The van der Waals surface area contributed by atoms with Gasteiger partial charge in [0.15, 0.2) is 0 Å². The van der Waals surface area contributed by atoms with Gasteiger partial charge in [-0.3, -0.25) is 14.9 Å². The number of nitro groups is 1. The van der Waals surface area contributed by atoms with Crippen molar-refractivity contribution in [2.75, 3.05) is 18.5 Å². The van der Waals surface area contributed by atoms with Crippen molar-refractivity contribution in [2.24, 2.45) is 0 Å². The maximum absolute atomic E-state index is 10.6. The third-order valence-corrected chi connectivity index (χ3v) is 1.70. The summed E-state index contributed by atoms with van der Waals surface area (Å²) in [6.07, 6.45) is 1.38. The van der Waals surface area contributed by atoms with E-state index in [0.717, 1.165) is 0 Å². The first-order valence-corrected chi connectivity index (χ1v) is 4.04. The van der Waals surface area contributed by atoms with Gasteiger partial charge in [-0.1, -0.05) is 0 Å². The van der Waals surface area contributed by atoms with Gasteiger partial charge >= 0.3 is 11.7 Å². The molecule has 0 aliphatic rings. The van der Waals surface area contributed by atoms with Crippen LogP contribution in [0.4, 0.5) is 11.5 Å². The normalized spacial score (nSPS) is 9.67. The van der Waals surface area contributed by atoms with Gasteiger partial charge in [-0.15, -0.1) is 0 Å². The van der Waals surface area contributed by atoms with Crippen molar-refractivity contribution in [2.45, 2.75) is 0 Å². The van der Waals surface area contributed by atoms with Crippen LogP contribution in [0.2, 0.25) is 0 Å². The molecule has 1 heterocycles. The Morgan fingerprint density at radius 1 is 1.73 bits per heavy atom. The first-order valence-electron chi connectivity index (χ1n) is 4.04. The van der Waals surface area contributed by atoms with E-state index in [-0.39, 0.29) is 18.1 Å². The standard InChI is InChI=1S/C8H9N3O4/c1-10(5-7(12)13)8-6(11(14)15)3-2-4-9-8/h2-4H,5H2,1H3,(H,12,13). The van der Waals surface area contributed by atoms with Crippen LogP contribution < -0.4 is 4.90 Å². The molecular weight excluding hydrogens is 202 g/mol. The lowest BCUT2D eigenvalue weighted by atomic mass is 10.3. The van der Waals surface area contributed by atoms with Crippen LogP contribution in [-0.2, 0) is 4.79 Å². The van der Waals surface area contributed by atoms with Crippen LogP contribution in [0.1, 0.15) is 0 Å². The molecule has 0 unspecified atom stereocenters. The van der Waals surface area contributed by atoms with Crippen LogP contribution in [0.3, 0.4) is 0 Å². The van der Waals surface area contributed by atoms with Crippen LogP contribution in [0.15, 0.2) is 18.3 Å². The van der Waals surface area contributed by atoms with Crippen LogP contribution in [0.5, 0.6) is 0 Å². The van der Waals surface area contributed by atoms with E-state index in [2.05, 4.69) is 4.98 Å². The molecular formula is C8H9N3O4. The highest BCUT2D eigenvalue weighted by Gasteiger charge is 2.18. The summed E-state index contributed by atoms with van der Waals surface area (Å²) < 4.78 is 0. The fourth-order valence-electron chi connectivity index (χ4n) is 1.10. The number of carbonyl (C=O) groups is 1. The van der Waals surface area contributed by atoms with E-state index in [9.17, 15) is 14.9 Å². The number of hydrogen-bond acceptors (Lipinski definition) is 5. The van der Waals surface area contributed by atoms with Gasteiger partial charge in [-0.2, -0.15) is 0 Å². The first kappa shape index (κ1) is 10.9. The number of likely N-dealkylation sites (N-methyl/N-ethyl adjacent to an activating group) is 1. The van der Waals surface area contributed by atoms with E-state index in [1.807, 2.05) is 0 Å². The Morgan fingerprint density at radius 3 is 2.93 bits per heavy atom. The van der Waals surface area contributed by atoms with E-state index in [1.54, 1.807) is 0 Å². The number of rotatable bonds is 4. The summed E-state index contributed by atoms with van der Waals surface area (Å²) in [6.45, 7) is -0.335.